The second-order valence-electron chi connectivity index (χ2n) is 6.66. The molecule has 0 unspecified atom stereocenters. The van der Waals surface area contributed by atoms with Crippen molar-refractivity contribution in [1.29, 1.82) is 0 Å². The first-order chi connectivity index (χ1) is 12.8. The van der Waals surface area contributed by atoms with Crippen molar-refractivity contribution in [3.63, 3.8) is 0 Å². The Kier molecular flexibility index (Phi) is 5.55. The van der Waals surface area contributed by atoms with Crippen LogP contribution in [0.1, 0.15) is 18.2 Å². The molecule has 0 fully saturated rings. The molecule has 6 nitrogen and oxygen atoms in total. The molecule has 7 heteroatoms. The van der Waals surface area contributed by atoms with E-state index in [0.717, 1.165) is 16.7 Å². The van der Waals surface area contributed by atoms with E-state index in [1.807, 2.05) is 30.3 Å². The molecule has 0 bridgehead atoms. The average molecular weight is 389 g/mol. The number of furan rings is 1. The van der Waals surface area contributed by atoms with E-state index in [0.29, 0.717) is 17.8 Å². The molecule has 1 atom stereocenters. The Balaban J connectivity index is 1.61. The number of rotatable bonds is 8. The molecule has 144 valence electrons. The minimum absolute atomic E-state index is 0.0739. The SMILES string of the molecule is COc1ccc(CCS(=O)(=O)NC[C@@](C)(O)c2cc3ccccc3o2)cc1. The molecular formula is C20H23NO5S. The third-order valence-electron chi connectivity index (χ3n) is 4.41. The molecule has 3 rings (SSSR count). The normalized spacial score (nSPS) is 14.2. The van der Waals surface area contributed by atoms with Crippen LogP contribution in [-0.4, -0.2) is 32.9 Å². The van der Waals surface area contributed by atoms with E-state index in [2.05, 4.69) is 4.72 Å². The summed E-state index contributed by atoms with van der Waals surface area (Å²) in [5.41, 5.74) is 0.0898. The van der Waals surface area contributed by atoms with Crippen LogP contribution in [0.4, 0.5) is 0 Å². The molecule has 0 aliphatic heterocycles. The molecule has 0 aliphatic carbocycles. The number of para-hydroxylation sites is 1. The summed E-state index contributed by atoms with van der Waals surface area (Å²) in [5, 5.41) is 11.5. The van der Waals surface area contributed by atoms with Gasteiger partial charge in [-0.2, -0.15) is 0 Å². The third-order valence-corrected chi connectivity index (χ3v) is 5.74. The fraction of sp³-hybridized carbons (Fsp3) is 0.300. The number of nitrogens with one attached hydrogen (secondary N) is 1. The van der Waals surface area contributed by atoms with Crippen LogP contribution in [0.2, 0.25) is 0 Å². The van der Waals surface area contributed by atoms with E-state index in [1.165, 1.54) is 6.92 Å². The minimum atomic E-state index is -3.55. The second kappa shape index (κ2) is 7.72. The van der Waals surface area contributed by atoms with Crippen LogP contribution in [0, 0.1) is 0 Å². The molecule has 1 heterocycles. The first kappa shape index (κ1) is 19.4. The molecule has 0 saturated carbocycles. The van der Waals surface area contributed by atoms with Gasteiger partial charge in [0.05, 0.1) is 12.9 Å². The lowest BCUT2D eigenvalue weighted by Crippen LogP contribution is -2.39. The van der Waals surface area contributed by atoms with Crippen LogP contribution in [0.3, 0.4) is 0 Å². The average Bonchev–Trinajstić information content (AvgIpc) is 3.11. The Labute approximate surface area is 158 Å². The second-order valence-corrected chi connectivity index (χ2v) is 8.59. The monoisotopic (exact) mass is 389 g/mol. The maximum Gasteiger partial charge on any atom is 0.212 e. The summed E-state index contributed by atoms with van der Waals surface area (Å²) >= 11 is 0. The molecular weight excluding hydrogens is 366 g/mol. The fourth-order valence-electron chi connectivity index (χ4n) is 2.70. The number of ether oxygens (including phenoxy) is 1. The van der Waals surface area contributed by atoms with Crippen LogP contribution in [0.15, 0.2) is 59.0 Å². The number of sulfonamides is 1. The molecule has 0 spiro atoms. The highest BCUT2D eigenvalue weighted by atomic mass is 32.2. The summed E-state index contributed by atoms with van der Waals surface area (Å²) in [5.74, 6) is 0.971. The van der Waals surface area contributed by atoms with Gasteiger partial charge in [0.1, 0.15) is 22.7 Å². The first-order valence-corrected chi connectivity index (χ1v) is 10.3. The van der Waals surface area contributed by atoms with Crippen molar-refractivity contribution in [1.82, 2.24) is 4.72 Å². The molecule has 0 radical (unpaired) electrons. The van der Waals surface area contributed by atoms with Gasteiger partial charge in [-0.3, -0.25) is 0 Å². The Morgan fingerprint density at radius 2 is 1.85 bits per heavy atom. The van der Waals surface area contributed by atoms with Crippen molar-refractivity contribution in [3.05, 3.63) is 65.9 Å². The molecule has 1 aromatic heterocycles. The molecule has 0 saturated heterocycles. The van der Waals surface area contributed by atoms with Crippen LogP contribution in [0.25, 0.3) is 11.0 Å². The van der Waals surface area contributed by atoms with Gasteiger partial charge in [0.25, 0.3) is 0 Å². The molecule has 27 heavy (non-hydrogen) atoms. The maximum atomic E-state index is 12.3. The van der Waals surface area contributed by atoms with E-state index >= 15 is 0 Å². The predicted molar refractivity (Wildman–Crippen MR) is 104 cm³/mol. The summed E-state index contributed by atoms with van der Waals surface area (Å²) in [6.07, 6.45) is 0.367. The van der Waals surface area contributed by atoms with Gasteiger partial charge in [0, 0.05) is 11.9 Å². The number of methoxy groups -OCH3 is 1. The highest BCUT2D eigenvalue weighted by Crippen LogP contribution is 2.27. The topological polar surface area (TPSA) is 88.8 Å². The quantitative estimate of drug-likeness (QED) is 0.618. The van der Waals surface area contributed by atoms with E-state index in [9.17, 15) is 13.5 Å². The van der Waals surface area contributed by atoms with Crippen LogP contribution in [0.5, 0.6) is 5.75 Å². The lowest BCUT2D eigenvalue weighted by Gasteiger charge is -2.21. The minimum Gasteiger partial charge on any atom is -0.497 e. The Hall–Kier alpha value is -2.35. The Morgan fingerprint density at radius 1 is 1.15 bits per heavy atom. The van der Waals surface area contributed by atoms with Gasteiger partial charge in [-0.15, -0.1) is 0 Å². The molecule has 0 aliphatic rings. The summed E-state index contributed by atoms with van der Waals surface area (Å²) in [4.78, 5) is 0. The van der Waals surface area contributed by atoms with Crippen molar-refractivity contribution in [2.24, 2.45) is 0 Å². The van der Waals surface area contributed by atoms with E-state index in [1.54, 1.807) is 31.4 Å². The van der Waals surface area contributed by atoms with Gasteiger partial charge in [0.2, 0.25) is 10.0 Å². The number of fused-ring (bicyclic) bond motifs is 1. The van der Waals surface area contributed by atoms with Crippen molar-refractivity contribution >= 4 is 21.0 Å². The highest BCUT2D eigenvalue weighted by molar-refractivity contribution is 7.89. The number of hydrogen-bond donors (Lipinski definition) is 2. The Morgan fingerprint density at radius 3 is 2.52 bits per heavy atom. The van der Waals surface area contributed by atoms with Gasteiger partial charge in [-0.25, -0.2) is 13.1 Å². The molecule has 2 aromatic carbocycles. The van der Waals surface area contributed by atoms with Crippen molar-refractivity contribution in [2.45, 2.75) is 18.9 Å². The number of aryl methyl sites for hydroxylation is 1. The molecule has 0 amide bonds. The highest BCUT2D eigenvalue weighted by Gasteiger charge is 2.29. The zero-order valence-electron chi connectivity index (χ0n) is 15.3. The van der Waals surface area contributed by atoms with Crippen molar-refractivity contribution in [3.8, 4) is 5.75 Å². The largest absolute Gasteiger partial charge is 0.497 e. The van der Waals surface area contributed by atoms with Gasteiger partial charge < -0.3 is 14.3 Å². The Bertz CT molecular complexity index is 973. The van der Waals surface area contributed by atoms with Crippen LogP contribution < -0.4 is 9.46 Å². The standard InChI is InChI=1S/C20H23NO5S/c1-20(22,19-13-16-5-3-4-6-18(16)26-19)14-21-27(23,24)12-11-15-7-9-17(25-2)10-8-15/h3-10,13,21-22H,11-12,14H2,1-2H3/t20-/m1/s1. The number of hydrogen-bond acceptors (Lipinski definition) is 5. The lowest BCUT2D eigenvalue weighted by molar-refractivity contribution is 0.0412. The lowest BCUT2D eigenvalue weighted by atomic mass is 10.0. The van der Waals surface area contributed by atoms with Crippen molar-refractivity contribution < 1.29 is 22.7 Å². The summed E-state index contributed by atoms with van der Waals surface area (Å²) in [6, 6.07) is 16.4. The number of benzene rings is 2. The summed E-state index contributed by atoms with van der Waals surface area (Å²) in [7, 11) is -1.97. The van der Waals surface area contributed by atoms with Gasteiger partial charge in [-0.05, 0) is 43.2 Å². The fourth-order valence-corrected chi connectivity index (χ4v) is 3.85. The number of aliphatic hydroxyl groups is 1. The van der Waals surface area contributed by atoms with Gasteiger partial charge >= 0.3 is 0 Å². The predicted octanol–water partition coefficient (Wildman–Crippen LogP) is 2.81. The summed E-state index contributed by atoms with van der Waals surface area (Å²) in [6.45, 7) is 1.36. The third kappa shape index (κ3) is 4.88. The first-order valence-electron chi connectivity index (χ1n) is 8.61. The maximum absolute atomic E-state index is 12.3. The van der Waals surface area contributed by atoms with E-state index in [4.69, 9.17) is 9.15 Å². The smallest absolute Gasteiger partial charge is 0.212 e. The summed E-state index contributed by atoms with van der Waals surface area (Å²) < 4.78 is 37.8. The van der Waals surface area contributed by atoms with Gasteiger partial charge in [0.15, 0.2) is 0 Å². The van der Waals surface area contributed by atoms with Crippen molar-refractivity contribution in [2.75, 3.05) is 19.4 Å². The van der Waals surface area contributed by atoms with E-state index < -0.39 is 15.6 Å². The van der Waals surface area contributed by atoms with E-state index in [-0.39, 0.29) is 12.3 Å². The van der Waals surface area contributed by atoms with Gasteiger partial charge in [-0.1, -0.05) is 30.3 Å². The molecule has 3 aromatic rings. The molecule has 2 N–H and O–H groups in total. The zero-order chi connectivity index (χ0) is 19.5. The zero-order valence-corrected chi connectivity index (χ0v) is 16.1. The van der Waals surface area contributed by atoms with Crippen LogP contribution in [-0.2, 0) is 22.0 Å². The van der Waals surface area contributed by atoms with Crippen LogP contribution >= 0.6 is 0 Å².